The Labute approximate surface area is 84.1 Å². The normalized spacial score (nSPS) is 29.1. The number of hydrogen-bond donors (Lipinski definition) is 3. The quantitative estimate of drug-likeness (QED) is 0.651. The van der Waals surface area contributed by atoms with Crippen molar-refractivity contribution in [3.63, 3.8) is 0 Å². The minimum Gasteiger partial charge on any atom is -0.481 e. The summed E-state index contributed by atoms with van der Waals surface area (Å²) in [6.07, 6.45) is -8.02. The summed E-state index contributed by atoms with van der Waals surface area (Å²) in [4.78, 5) is 10.9. The summed E-state index contributed by atoms with van der Waals surface area (Å²) in [6, 6.07) is 0. The predicted molar refractivity (Wildman–Crippen MR) is 44.2 cm³/mol. The van der Waals surface area contributed by atoms with Gasteiger partial charge in [-0.15, -0.1) is 0 Å². The van der Waals surface area contributed by atoms with E-state index in [1.54, 1.807) is 0 Å². The van der Waals surface area contributed by atoms with Crippen LogP contribution in [0.3, 0.4) is 0 Å². The fourth-order valence-electron chi connectivity index (χ4n) is 1.67. The Morgan fingerprint density at radius 1 is 1.53 bits per heavy atom. The van der Waals surface area contributed by atoms with E-state index < -0.39 is 30.1 Å². The average molecular weight is 227 g/mol. The molecule has 1 aliphatic rings. The maximum absolute atomic E-state index is 12.1. The van der Waals surface area contributed by atoms with Crippen molar-refractivity contribution < 1.29 is 28.2 Å². The molecule has 3 N–H and O–H groups in total. The van der Waals surface area contributed by atoms with E-state index in [-0.39, 0.29) is 13.0 Å². The first-order chi connectivity index (χ1) is 6.78. The number of aliphatic hydroxyl groups is 1. The molecular weight excluding hydrogens is 215 g/mol. The van der Waals surface area contributed by atoms with Crippen LogP contribution < -0.4 is 5.32 Å². The first-order valence-corrected chi connectivity index (χ1v) is 4.47. The number of aliphatic carboxylic acids is 1. The van der Waals surface area contributed by atoms with E-state index in [0.29, 0.717) is 6.54 Å². The van der Waals surface area contributed by atoms with Crippen LogP contribution in [0, 0.1) is 5.41 Å². The molecule has 1 fully saturated rings. The van der Waals surface area contributed by atoms with Gasteiger partial charge in [0.25, 0.3) is 0 Å². The van der Waals surface area contributed by atoms with Gasteiger partial charge in [-0.2, -0.15) is 13.2 Å². The summed E-state index contributed by atoms with van der Waals surface area (Å²) >= 11 is 0. The number of alkyl halides is 3. The highest BCUT2D eigenvalue weighted by Crippen LogP contribution is 2.36. The Morgan fingerprint density at radius 3 is 2.47 bits per heavy atom. The third-order valence-electron chi connectivity index (χ3n) is 2.66. The topological polar surface area (TPSA) is 69.6 Å². The van der Waals surface area contributed by atoms with E-state index in [4.69, 9.17) is 10.2 Å². The second-order valence-corrected chi connectivity index (χ2v) is 3.77. The van der Waals surface area contributed by atoms with Gasteiger partial charge in [-0.25, -0.2) is 0 Å². The van der Waals surface area contributed by atoms with Crippen molar-refractivity contribution in [1.82, 2.24) is 5.32 Å². The van der Waals surface area contributed by atoms with Crippen molar-refractivity contribution in [3.05, 3.63) is 0 Å². The Balaban J connectivity index is 2.72. The molecular formula is C8H12F3NO3. The summed E-state index contributed by atoms with van der Waals surface area (Å²) in [5.74, 6) is -1.30. The van der Waals surface area contributed by atoms with E-state index >= 15 is 0 Å². The van der Waals surface area contributed by atoms with Crippen molar-refractivity contribution in [3.8, 4) is 0 Å². The smallest absolute Gasteiger partial charge is 0.414 e. The third-order valence-corrected chi connectivity index (χ3v) is 2.66. The zero-order valence-corrected chi connectivity index (χ0v) is 7.84. The van der Waals surface area contributed by atoms with Crippen LogP contribution in [0.25, 0.3) is 0 Å². The van der Waals surface area contributed by atoms with Gasteiger partial charge in [-0.1, -0.05) is 0 Å². The lowest BCUT2D eigenvalue weighted by molar-refractivity contribution is -0.213. The number of halogens is 3. The van der Waals surface area contributed by atoms with E-state index in [1.165, 1.54) is 0 Å². The SMILES string of the molecule is O=C(O)C1(CC(O)C(F)(F)F)CCNC1. The molecule has 2 unspecified atom stereocenters. The molecule has 4 nitrogen and oxygen atoms in total. The second kappa shape index (κ2) is 3.97. The predicted octanol–water partition coefficient (Wildman–Crippen LogP) is 0.364. The lowest BCUT2D eigenvalue weighted by Gasteiger charge is -2.26. The van der Waals surface area contributed by atoms with Gasteiger partial charge in [0.2, 0.25) is 0 Å². The van der Waals surface area contributed by atoms with Crippen LogP contribution in [0.4, 0.5) is 13.2 Å². The molecule has 0 amide bonds. The highest BCUT2D eigenvalue weighted by Gasteiger charge is 2.49. The van der Waals surface area contributed by atoms with Crippen molar-refractivity contribution >= 4 is 5.97 Å². The summed E-state index contributed by atoms with van der Waals surface area (Å²) in [6.45, 7) is 0.326. The van der Waals surface area contributed by atoms with Gasteiger partial charge >= 0.3 is 12.1 Å². The highest BCUT2D eigenvalue weighted by molar-refractivity contribution is 5.75. The summed E-state index contributed by atoms with van der Waals surface area (Å²) in [5, 5.41) is 20.4. The van der Waals surface area contributed by atoms with Gasteiger partial charge in [0, 0.05) is 6.54 Å². The number of nitrogens with one attached hydrogen (secondary N) is 1. The largest absolute Gasteiger partial charge is 0.481 e. The van der Waals surface area contributed by atoms with Crippen LogP contribution in [-0.4, -0.2) is 41.6 Å². The first kappa shape index (κ1) is 12.3. The molecule has 0 aromatic heterocycles. The minimum atomic E-state index is -4.76. The molecule has 0 saturated carbocycles. The molecule has 0 aliphatic carbocycles. The highest BCUT2D eigenvalue weighted by atomic mass is 19.4. The Bertz CT molecular complexity index is 248. The molecule has 7 heteroatoms. The standard InChI is InChI=1S/C8H12F3NO3/c9-8(10,11)5(13)3-7(6(14)15)1-2-12-4-7/h5,12-13H,1-4H2,(H,14,15). The molecule has 1 aliphatic heterocycles. The van der Waals surface area contributed by atoms with Gasteiger partial charge in [0.05, 0.1) is 5.41 Å². The van der Waals surface area contributed by atoms with E-state index in [1.807, 2.05) is 0 Å². The third kappa shape index (κ3) is 2.60. The maximum Gasteiger partial charge on any atom is 0.414 e. The fraction of sp³-hybridized carbons (Fsp3) is 0.875. The number of rotatable bonds is 3. The van der Waals surface area contributed by atoms with Gasteiger partial charge in [0.15, 0.2) is 6.10 Å². The van der Waals surface area contributed by atoms with Crippen LogP contribution in [0.1, 0.15) is 12.8 Å². The van der Waals surface area contributed by atoms with Crippen molar-refractivity contribution in [1.29, 1.82) is 0 Å². The van der Waals surface area contributed by atoms with Gasteiger partial charge < -0.3 is 15.5 Å². The van der Waals surface area contributed by atoms with Crippen LogP contribution in [0.2, 0.25) is 0 Å². The van der Waals surface area contributed by atoms with E-state index in [0.717, 1.165) is 0 Å². The molecule has 88 valence electrons. The average Bonchev–Trinajstić information content (AvgIpc) is 2.52. The van der Waals surface area contributed by atoms with Crippen molar-refractivity contribution in [2.24, 2.45) is 5.41 Å². The van der Waals surface area contributed by atoms with Crippen LogP contribution in [0.15, 0.2) is 0 Å². The van der Waals surface area contributed by atoms with Crippen LogP contribution in [-0.2, 0) is 4.79 Å². The van der Waals surface area contributed by atoms with Crippen LogP contribution in [0.5, 0.6) is 0 Å². The number of carboxylic acid groups (broad SMARTS) is 1. The fourth-order valence-corrected chi connectivity index (χ4v) is 1.67. The lowest BCUT2D eigenvalue weighted by atomic mass is 9.81. The second-order valence-electron chi connectivity index (χ2n) is 3.77. The Kier molecular flexibility index (Phi) is 3.25. The first-order valence-electron chi connectivity index (χ1n) is 4.47. The van der Waals surface area contributed by atoms with Gasteiger partial charge in [-0.3, -0.25) is 4.79 Å². The number of carbonyl (C=O) groups is 1. The molecule has 0 spiro atoms. The monoisotopic (exact) mass is 227 g/mol. The number of aliphatic hydroxyl groups excluding tert-OH is 1. The van der Waals surface area contributed by atoms with Crippen LogP contribution >= 0.6 is 0 Å². The van der Waals surface area contributed by atoms with Gasteiger partial charge in [0.1, 0.15) is 0 Å². The minimum absolute atomic E-state index is 0.0323. The number of carboxylic acids is 1. The summed E-state index contributed by atoms with van der Waals surface area (Å²) < 4.78 is 36.2. The lowest BCUT2D eigenvalue weighted by Crippen LogP contribution is -2.41. The Morgan fingerprint density at radius 2 is 2.13 bits per heavy atom. The zero-order chi connectivity index (χ0) is 11.7. The molecule has 0 aromatic rings. The molecule has 15 heavy (non-hydrogen) atoms. The summed E-state index contributed by atoms with van der Waals surface area (Å²) in [7, 11) is 0. The van der Waals surface area contributed by atoms with Crippen molar-refractivity contribution in [2.45, 2.75) is 25.1 Å². The molecule has 0 aromatic carbocycles. The molecule has 1 heterocycles. The van der Waals surface area contributed by atoms with E-state index in [9.17, 15) is 18.0 Å². The maximum atomic E-state index is 12.1. The number of hydrogen-bond acceptors (Lipinski definition) is 3. The molecule has 0 radical (unpaired) electrons. The van der Waals surface area contributed by atoms with Crippen molar-refractivity contribution in [2.75, 3.05) is 13.1 Å². The Hall–Kier alpha value is -0.820. The molecule has 2 atom stereocenters. The molecule has 0 bridgehead atoms. The van der Waals surface area contributed by atoms with Gasteiger partial charge in [-0.05, 0) is 19.4 Å². The van der Waals surface area contributed by atoms with E-state index in [2.05, 4.69) is 5.32 Å². The molecule has 1 saturated heterocycles. The molecule has 1 rings (SSSR count). The summed E-state index contributed by atoms with van der Waals surface area (Å²) in [5.41, 5.74) is -1.49. The zero-order valence-electron chi connectivity index (χ0n) is 7.84.